The lowest BCUT2D eigenvalue weighted by Gasteiger charge is -2.22. The van der Waals surface area contributed by atoms with E-state index in [0.29, 0.717) is 23.8 Å². The number of aromatic nitrogens is 1. The molecule has 7 nitrogen and oxygen atoms in total. The fourth-order valence-corrected chi connectivity index (χ4v) is 2.26. The van der Waals surface area contributed by atoms with E-state index in [4.69, 9.17) is 9.15 Å². The van der Waals surface area contributed by atoms with E-state index >= 15 is 0 Å². The van der Waals surface area contributed by atoms with Crippen molar-refractivity contribution in [2.75, 3.05) is 19.7 Å². The minimum atomic E-state index is -4.45. The third kappa shape index (κ3) is 6.76. The van der Waals surface area contributed by atoms with Crippen LogP contribution in [0.2, 0.25) is 0 Å². The Balaban J connectivity index is 2.04. The Morgan fingerprint density at radius 2 is 2.07 bits per heavy atom. The van der Waals surface area contributed by atoms with Gasteiger partial charge in [-0.1, -0.05) is 6.07 Å². The molecule has 0 aliphatic rings. The Labute approximate surface area is 160 Å². The molecule has 2 rings (SSSR count). The summed E-state index contributed by atoms with van der Waals surface area (Å²) in [7, 11) is 0. The van der Waals surface area contributed by atoms with Crippen molar-refractivity contribution in [1.82, 2.24) is 15.6 Å². The number of guanidine groups is 1. The summed E-state index contributed by atoms with van der Waals surface area (Å²) < 4.78 is 47.1. The van der Waals surface area contributed by atoms with Crippen molar-refractivity contribution in [3.63, 3.8) is 0 Å². The third-order valence-electron chi connectivity index (χ3n) is 3.63. The van der Waals surface area contributed by atoms with Crippen molar-refractivity contribution in [2.45, 2.75) is 32.2 Å². The fourth-order valence-electron chi connectivity index (χ4n) is 2.26. The lowest BCUT2D eigenvalue weighted by Crippen LogP contribution is -2.44. The van der Waals surface area contributed by atoms with Gasteiger partial charge < -0.3 is 24.9 Å². The van der Waals surface area contributed by atoms with Crippen LogP contribution in [-0.4, -0.2) is 41.9 Å². The van der Waals surface area contributed by atoms with E-state index in [1.54, 1.807) is 31.2 Å². The number of aliphatic imine (C=N–C) groups is 1. The van der Waals surface area contributed by atoms with Gasteiger partial charge >= 0.3 is 6.18 Å². The standard InChI is InChI=1S/C18H23F3N4O3/c1-3-22-16(25-11-17(2,26)14-7-5-9-27-14)24-10-13-6-4-8-23-15(13)28-12-18(19,20)21/h4-9,26H,3,10-12H2,1-2H3,(H2,22,24,25). The van der Waals surface area contributed by atoms with E-state index in [-0.39, 0.29) is 19.0 Å². The Morgan fingerprint density at radius 3 is 2.71 bits per heavy atom. The highest BCUT2D eigenvalue weighted by Gasteiger charge is 2.29. The molecule has 0 bridgehead atoms. The van der Waals surface area contributed by atoms with Crippen LogP contribution in [0.3, 0.4) is 0 Å². The van der Waals surface area contributed by atoms with Crippen LogP contribution < -0.4 is 15.4 Å². The smallest absolute Gasteiger partial charge is 0.422 e. The van der Waals surface area contributed by atoms with Crippen LogP contribution in [0.4, 0.5) is 13.2 Å². The highest BCUT2D eigenvalue weighted by Crippen LogP contribution is 2.21. The number of alkyl halides is 3. The second kappa shape index (κ2) is 9.45. The number of furan rings is 1. The van der Waals surface area contributed by atoms with E-state index in [2.05, 4.69) is 20.6 Å². The number of rotatable bonds is 8. The lowest BCUT2D eigenvalue weighted by atomic mass is 10.0. The maximum absolute atomic E-state index is 12.4. The van der Waals surface area contributed by atoms with Crippen molar-refractivity contribution in [2.24, 2.45) is 4.99 Å². The highest BCUT2D eigenvalue weighted by atomic mass is 19.4. The van der Waals surface area contributed by atoms with Crippen LogP contribution in [-0.2, 0) is 12.1 Å². The molecule has 154 valence electrons. The Bertz CT molecular complexity index is 762. The van der Waals surface area contributed by atoms with Gasteiger partial charge in [0.2, 0.25) is 5.88 Å². The zero-order valence-electron chi connectivity index (χ0n) is 15.6. The number of pyridine rings is 1. The molecule has 2 aromatic rings. The summed E-state index contributed by atoms with van der Waals surface area (Å²) in [4.78, 5) is 8.16. The van der Waals surface area contributed by atoms with Crippen LogP contribution in [0.5, 0.6) is 5.88 Å². The number of hydrogen-bond donors (Lipinski definition) is 3. The molecule has 28 heavy (non-hydrogen) atoms. The summed E-state index contributed by atoms with van der Waals surface area (Å²) in [6.07, 6.45) is -1.64. The van der Waals surface area contributed by atoms with Crippen LogP contribution in [0.15, 0.2) is 46.1 Å². The molecule has 2 aromatic heterocycles. The maximum Gasteiger partial charge on any atom is 0.422 e. The van der Waals surface area contributed by atoms with Gasteiger partial charge in [0.05, 0.1) is 19.4 Å². The quantitative estimate of drug-likeness (QED) is 0.466. The van der Waals surface area contributed by atoms with Gasteiger partial charge in [-0.2, -0.15) is 13.2 Å². The van der Waals surface area contributed by atoms with E-state index < -0.39 is 18.4 Å². The predicted octanol–water partition coefficient (Wildman–Crippen LogP) is 2.58. The van der Waals surface area contributed by atoms with Crippen molar-refractivity contribution >= 4 is 5.96 Å². The first-order valence-electron chi connectivity index (χ1n) is 8.63. The van der Waals surface area contributed by atoms with Crippen LogP contribution in [0.25, 0.3) is 0 Å². The molecule has 10 heteroatoms. The molecule has 0 aromatic carbocycles. The summed E-state index contributed by atoms with van der Waals surface area (Å²) in [5.41, 5.74) is -0.864. The summed E-state index contributed by atoms with van der Waals surface area (Å²) in [6, 6.07) is 6.51. The third-order valence-corrected chi connectivity index (χ3v) is 3.63. The summed E-state index contributed by atoms with van der Waals surface area (Å²) in [5, 5.41) is 16.5. The largest absolute Gasteiger partial charge is 0.468 e. The predicted molar refractivity (Wildman–Crippen MR) is 96.9 cm³/mol. The van der Waals surface area contributed by atoms with E-state index in [9.17, 15) is 18.3 Å². The SMILES string of the molecule is CCNC(=NCc1cccnc1OCC(F)(F)F)NCC(C)(O)c1ccco1. The minimum absolute atomic E-state index is 0.0409. The summed E-state index contributed by atoms with van der Waals surface area (Å²) >= 11 is 0. The zero-order chi connectivity index (χ0) is 20.6. The van der Waals surface area contributed by atoms with Gasteiger partial charge in [-0.3, -0.25) is 0 Å². The van der Waals surface area contributed by atoms with Crippen molar-refractivity contribution < 1.29 is 27.4 Å². The second-order valence-electron chi connectivity index (χ2n) is 6.17. The monoisotopic (exact) mass is 400 g/mol. The van der Waals surface area contributed by atoms with Crippen LogP contribution in [0.1, 0.15) is 25.2 Å². The number of halogens is 3. The Kier molecular flexibility index (Phi) is 7.27. The van der Waals surface area contributed by atoms with Gasteiger partial charge in [0, 0.05) is 18.3 Å². The number of nitrogens with one attached hydrogen (secondary N) is 2. The molecule has 0 saturated carbocycles. The van der Waals surface area contributed by atoms with Crippen LogP contribution >= 0.6 is 0 Å². The molecule has 0 spiro atoms. The lowest BCUT2D eigenvalue weighted by molar-refractivity contribution is -0.154. The molecular formula is C18H23F3N4O3. The first-order chi connectivity index (χ1) is 13.2. The number of nitrogens with zero attached hydrogens (tertiary/aromatic N) is 2. The first kappa shape index (κ1) is 21.5. The van der Waals surface area contributed by atoms with Gasteiger partial charge in [0.25, 0.3) is 0 Å². The van der Waals surface area contributed by atoms with Gasteiger partial charge in [-0.05, 0) is 32.0 Å². The van der Waals surface area contributed by atoms with Gasteiger partial charge in [-0.25, -0.2) is 9.98 Å². The molecule has 1 atom stereocenters. The molecule has 0 aliphatic heterocycles. The maximum atomic E-state index is 12.4. The number of ether oxygens (including phenoxy) is 1. The average Bonchev–Trinajstić information content (AvgIpc) is 3.18. The molecule has 2 heterocycles. The van der Waals surface area contributed by atoms with Crippen LogP contribution in [0, 0.1) is 0 Å². The van der Waals surface area contributed by atoms with Gasteiger partial charge in [0.1, 0.15) is 11.4 Å². The highest BCUT2D eigenvalue weighted by molar-refractivity contribution is 5.79. The molecule has 3 N–H and O–H groups in total. The topological polar surface area (TPSA) is 91.9 Å². The number of aliphatic hydroxyl groups is 1. The summed E-state index contributed by atoms with van der Waals surface area (Å²) in [5.74, 6) is 0.646. The van der Waals surface area contributed by atoms with E-state index in [0.717, 1.165) is 0 Å². The Hall–Kier alpha value is -2.75. The van der Waals surface area contributed by atoms with E-state index in [1.165, 1.54) is 12.5 Å². The molecule has 1 unspecified atom stereocenters. The minimum Gasteiger partial charge on any atom is -0.468 e. The van der Waals surface area contributed by atoms with Crippen molar-refractivity contribution in [1.29, 1.82) is 0 Å². The molecule has 0 radical (unpaired) electrons. The molecule has 0 aliphatic carbocycles. The first-order valence-corrected chi connectivity index (χ1v) is 8.63. The van der Waals surface area contributed by atoms with Gasteiger partial charge in [-0.15, -0.1) is 0 Å². The molecule has 0 amide bonds. The summed E-state index contributed by atoms with van der Waals surface area (Å²) in [6.45, 7) is 2.73. The molecule has 0 fully saturated rings. The molecule has 0 saturated heterocycles. The Morgan fingerprint density at radius 1 is 1.29 bits per heavy atom. The molecular weight excluding hydrogens is 377 g/mol. The number of hydrogen-bond acceptors (Lipinski definition) is 5. The second-order valence-corrected chi connectivity index (χ2v) is 6.17. The fraction of sp³-hybridized carbons (Fsp3) is 0.444. The normalized spacial score (nSPS) is 14.4. The van der Waals surface area contributed by atoms with Gasteiger partial charge in [0.15, 0.2) is 12.6 Å². The van der Waals surface area contributed by atoms with Crippen molar-refractivity contribution in [3.05, 3.63) is 48.0 Å². The van der Waals surface area contributed by atoms with Crippen molar-refractivity contribution in [3.8, 4) is 5.88 Å². The van der Waals surface area contributed by atoms with E-state index in [1.807, 2.05) is 6.92 Å². The zero-order valence-corrected chi connectivity index (χ0v) is 15.6. The average molecular weight is 400 g/mol.